The number of furan rings is 1. The highest BCUT2D eigenvalue weighted by Gasteiger charge is 2.10. The molecule has 0 aromatic carbocycles. The summed E-state index contributed by atoms with van der Waals surface area (Å²) in [4.78, 5) is 4.57. The topological polar surface area (TPSA) is 43.3 Å². The smallest absolute Gasteiger partial charge is 0.160 e. The van der Waals surface area contributed by atoms with Crippen molar-refractivity contribution in [3.8, 4) is 11.3 Å². The Hall–Kier alpha value is -1.81. The van der Waals surface area contributed by atoms with E-state index in [0.717, 1.165) is 28.9 Å². The van der Waals surface area contributed by atoms with Crippen LogP contribution in [-0.2, 0) is 6.42 Å². The summed E-state index contributed by atoms with van der Waals surface area (Å²) < 4.78 is 6.70. The Bertz CT molecular complexity index is 658. The molecule has 0 saturated carbocycles. The molecule has 0 atom stereocenters. The third kappa shape index (κ3) is 1.61. The number of hydrogen-bond donors (Lipinski definition) is 0. The fraction of sp³-hybridized carbons (Fsp3) is 0.167. The van der Waals surface area contributed by atoms with E-state index in [0.29, 0.717) is 5.15 Å². The molecule has 0 aliphatic rings. The van der Waals surface area contributed by atoms with E-state index in [1.165, 1.54) is 0 Å². The van der Waals surface area contributed by atoms with Gasteiger partial charge in [-0.05, 0) is 12.5 Å². The molecule has 86 valence electrons. The number of fused-ring (bicyclic) bond motifs is 1. The van der Waals surface area contributed by atoms with Crippen LogP contribution >= 0.6 is 11.6 Å². The van der Waals surface area contributed by atoms with Crippen molar-refractivity contribution in [2.45, 2.75) is 13.3 Å². The zero-order valence-electron chi connectivity index (χ0n) is 9.22. The first kappa shape index (κ1) is 10.4. The van der Waals surface area contributed by atoms with E-state index in [1.54, 1.807) is 29.3 Å². The minimum atomic E-state index is 0.547. The first-order valence-electron chi connectivity index (χ1n) is 5.35. The standard InChI is InChI=1S/C12H10ClN3O/c1-2-8-6-14-16-11(13)5-10(15-12(8)16)9-3-4-17-7-9/h3-7H,2H2,1H3. The van der Waals surface area contributed by atoms with Gasteiger partial charge in [-0.1, -0.05) is 18.5 Å². The SMILES string of the molecule is CCc1cnn2c(Cl)cc(-c3ccoc3)nc12. The lowest BCUT2D eigenvalue weighted by molar-refractivity contribution is 0.568. The van der Waals surface area contributed by atoms with Crippen LogP contribution in [0.3, 0.4) is 0 Å². The lowest BCUT2D eigenvalue weighted by Crippen LogP contribution is -1.95. The van der Waals surface area contributed by atoms with Crippen LogP contribution in [0, 0.1) is 0 Å². The lowest BCUT2D eigenvalue weighted by Gasteiger charge is -2.02. The normalized spacial score (nSPS) is 11.2. The molecule has 0 N–H and O–H groups in total. The van der Waals surface area contributed by atoms with Gasteiger partial charge in [0, 0.05) is 17.2 Å². The molecule has 0 spiro atoms. The molecule has 0 saturated heterocycles. The predicted octanol–water partition coefficient (Wildman–Crippen LogP) is 3.21. The number of nitrogens with zero attached hydrogens (tertiary/aromatic N) is 3. The van der Waals surface area contributed by atoms with Gasteiger partial charge >= 0.3 is 0 Å². The maximum absolute atomic E-state index is 6.18. The molecule has 4 nitrogen and oxygen atoms in total. The first-order chi connectivity index (χ1) is 8.29. The fourth-order valence-electron chi connectivity index (χ4n) is 1.78. The maximum atomic E-state index is 6.18. The van der Waals surface area contributed by atoms with Gasteiger partial charge in [-0.15, -0.1) is 0 Å². The number of hydrogen-bond acceptors (Lipinski definition) is 3. The summed E-state index contributed by atoms with van der Waals surface area (Å²) in [6.07, 6.45) is 5.94. The van der Waals surface area contributed by atoms with Crippen LogP contribution in [-0.4, -0.2) is 14.6 Å². The van der Waals surface area contributed by atoms with E-state index in [1.807, 2.05) is 6.07 Å². The summed E-state index contributed by atoms with van der Waals surface area (Å²) in [5, 5.41) is 4.76. The Labute approximate surface area is 103 Å². The number of rotatable bonds is 2. The van der Waals surface area contributed by atoms with Gasteiger partial charge in [-0.25, -0.2) is 9.50 Å². The van der Waals surface area contributed by atoms with Crippen LogP contribution in [0.2, 0.25) is 5.15 Å². The highest BCUT2D eigenvalue weighted by Crippen LogP contribution is 2.23. The van der Waals surface area contributed by atoms with Gasteiger partial charge in [-0.3, -0.25) is 0 Å². The number of aromatic nitrogens is 3. The van der Waals surface area contributed by atoms with Crippen molar-refractivity contribution in [3.05, 3.63) is 41.6 Å². The van der Waals surface area contributed by atoms with Crippen molar-refractivity contribution in [2.24, 2.45) is 0 Å². The van der Waals surface area contributed by atoms with Crippen molar-refractivity contribution < 1.29 is 4.42 Å². The highest BCUT2D eigenvalue weighted by atomic mass is 35.5. The molecule has 17 heavy (non-hydrogen) atoms. The van der Waals surface area contributed by atoms with Crippen LogP contribution in [0.25, 0.3) is 16.9 Å². The van der Waals surface area contributed by atoms with Crippen LogP contribution < -0.4 is 0 Å². The summed E-state index contributed by atoms with van der Waals surface area (Å²) in [6.45, 7) is 2.07. The van der Waals surface area contributed by atoms with Crippen molar-refractivity contribution >= 4 is 17.2 Å². The minimum absolute atomic E-state index is 0.547. The average molecular weight is 248 g/mol. The molecule has 5 heteroatoms. The monoisotopic (exact) mass is 247 g/mol. The fourth-order valence-corrected chi connectivity index (χ4v) is 2.01. The molecule has 0 amide bonds. The molecule has 3 rings (SSSR count). The molecule has 0 fully saturated rings. The number of aryl methyl sites for hydroxylation is 1. The van der Waals surface area contributed by atoms with Gasteiger partial charge in [0.05, 0.1) is 24.4 Å². The molecule has 0 unspecified atom stereocenters. The maximum Gasteiger partial charge on any atom is 0.160 e. The quantitative estimate of drug-likeness (QED) is 0.653. The Morgan fingerprint density at radius 1 is 1.47 bits per heavy atom. The Balaban J connectivity index is 2.28. The van der Waals surface area contributed by atoms with E-state index in [-0.39, 0.29) is 0 Å². The van der Waals surface area contributed by atoms with E-state index in [9.17, 15) is 0 Å². The lowest BCUT2D eigenvalue weighted by atomic mass is 10.2. The summed E-state index contributed by atoms with van der Waals surface area (Å²) in [6, 6.07) is 3.64. The number of halogens is 1. The van der Waals surface area contributed by atoms with E-state index < -0.39 is 0 Å². The Morgan fingerprint density at radius 2 is 2.35 bits per heavy atom. The Morgan fingerprint density at radius 3 is 3.06 bits per heavy atom. The third-order valence-corrected chi connectivity index (χ3v) is 2.97. The Kier molecular flexibility index (Phi) is 2.37. The van der Waals surface area contributed by atoms with E-state index in [4.69, 9.17) is 16.0 Å². The summed E-state index contributed by atoms with van der Waals surface area (Å²) >= 11 is 6.18. The molecular formula is C12H10ClN3O. The zero-order chi connectivity index (χ0) is 11.8. The van der Waals surface area contributed by atoms with Crippen molar-refractivity contribution in [2.75, 3.05) is 0 Å². The minimum Gasteiger partial charge on any atom is -0.472 e. The van der Waals surface area contributed by atoms with Crippen molar-refractivity contribution in [3.63, 3.8) is 0 Å². The molecule has 0 radical (unpaired) electrons. The second-order valence-corrected chi connectivity index (χ2v) is 4.12. The second kappa shape index (κ2) is 3.89. The summed E-state index contributed by atoms with van der Waals surface area (Å²) in [5.41, 5.74) is 3.59. The molecule has 0 aliphatic carbocycles. The molecule has 3 aromatic heterocycles. The highest BCUT2D eigenvalue weighted by molar-refractivity contribution is 6.30. The molecule has 3 aromatic rings. The molecular weight excluding hydrogens is 238 g/mol. The first-order valence-corrected chi connectivity index (χ1v) is 5.73. The van der Waals surface area contributed by atoms with Gasteiger partial charge in [0.2, 0.25) is 0 Å². The predicted molar refractivity (Wildman–Crippen MR) is 65.1 cm³/mol. The van der Waals surface area contributed by atoms with Crippen LogP contribution in [0.15, 0.2) is 35.3 Å². The van der Waals surface area contributed by atoms with Crippen molar-refractivity contribution in [1.29, 1.82) is 0 Å². The van der Waals surface area contributed by atoms with E-state index >= 15 is 0 Å². The summed E-state index contributed by atoms with van der Waals surface area (Å²) in [7, 11) is 0. The molecule has 3 heterocycles. The van der Waals surface area contributed by atoms with Gasteiger partial charge in [0.25, 0.3) is 0 Å². The van der Waals surface area contributed by atoms with Crippen molar-refractivity contribution in [1.82, 2.24) is 14.6 Å². The van der Waals surface area contributed by atoms with Crippen LogP contribution in [0.1, 0.15) is 12.5 Å². The average Bonchev–Trinajstić information content (AvgIpc) is 2.97. The van der Waals surface area contributed by atoms with E-state index in [2.05, 4.69) is 17.0 Å². The zero-order valence-corrected chi connectivity index (χ0v) is 9.98. The van der Waals surface area contributed by atoms with Gasteiger partial charge in [-0.2, -0.15) is 5.10 Å². The third-order valence-electron chi connectivity index (χ3n) is 2.70. The molecule has 0 aliphatic heterocycles. The van der Waals surface area contributed by atoms with Crippen LogP contribution in [0.5, 0.6) is 0 Å². The molecule has 0 bridgehead atoms. The van der Waals surface area contributed by atoms with Crippen LogP contribution in [0.4, 0.5) is 0 Å². The van der Waals surface area contributed by atoms with Gasteiger partial charge in [0.1, 0.15) is 5.15 Å². The summed E-state index contributed by atoms with van der Waals surface area (Å²) in [5.74, 6) is 0. The van der Waals surface area contributed by atoms with Gasteiger partial charge < -0.3 is 4.42 Å². The largest absolute Gasteiger partial charge is 0.472 e. The second-order valence-electron chi connectivity index (χ2n) is 3.73. The van der Waals surface area contributed by atoms with Gasteiger partial charge in [0.15, 0.2) is 5.65 Å².